The summed E-state index contributed by atoms with van der Waals surface area (Å²) < 4.78 is 38.2. The SMILES string of the molecule is Nc1ccc2c(c1)CCN2Cc1cccc(C(F)(F)F)c1. The molecular weight excluding hydrogens is 277 g/mol. The van der Waals surface area contributed by atoms with E-state index in [1.807, 2.05) is 18.2 Å². The Morgan fingerprint density at radius 2 is 1.90 bits per heavy atom. The Balaban J connectivity index is 1.83. The lowest BCUT2D eigenvalue weighted by Gasteiger charge is -2.20. The van der Waals surface area contributed by atoms with E-state index in [2.05, 4.69) is 4.90 Å². The molecule has 0 unspecified atom stereocenters. The highest BCUT2D eigenvalue weighted by Crippen LogP contribution is 2.33. The average Bonchev–Trinajstić information content (AvgIpc) is 2.80. The molecule has 0 aromatic heterocycles. The second kappa shape index (κ2) is 4.98. The number of hydrogen-bond acceptors (Lipinski definition) is 2. The number of nitrogen functional groups attached to an aromatic ring is 1. The largest absolute Gasteiger partial charge is 0.416 e. The van der Waals surface area contributed by atoms with Crippen molar-refractivity contribution in [3.05, 3.63) is 59.2 Å². The zero-order valence-corrected chi connectivity index (χ0v) is 11.3. The van der Waals surface area contributed by atoms with Crippen molar-refractivity contribution < 1.29 is 13.2 Å². The van der Waals surface area contributed by atoms with Gasteiger partial charge in [0.25, 0.3) is 0 Å². The zero-order chi connectivity index (χ0) is 15.0. The van der Waals surface area contributed by atoms with Crippen LogP contribution in [0.3, 0.4) is 0 Å². The van der Waals surface area contributed by atoms with Crippen LogP contribution in [0.1, 0.15) is 16.7 Å². The van der Waals surface area contributed by atoms with Gasteiger partial charge in [-0.05, 0) is 47.9 Å². The van der Waals surface area contributed by atoms with Gasteiger partial charge in [-0.1, -0.05) is 12.1 Å². The van der Waals surface area contributed by atoms with Crippen molar-refractivity contribution in [3.8, 4) is 0 Å². The minimum atomic E-state index is -4.30. The predicted molar refractivity (Wildman–Crippen MR) is 77.1 cm³/mol. The van der Waals surface area contributed by atoms with Gasteiger partial charge in [0.05, 0.1) is 5.56 Å². The van der Waals surface area contributed by atoms with Gasteiger partial charge in [-0.2, -0.15) is 13.2 Å². The van der Waals surface area contributed by atoms with Crippen molar-refractivity contribution in [2.75, 3.05) is 17.2 Å². The number of halogens is 3. The Labute approximate surface area is 121 Å². The number of fused-ring (bicyclic) bond motifs is 1. The van der Waals surface area contributed by atoms with Gasteiger partial charge in [-0.3, -0.25) is 0 Å². The molecule has 0 bridgehead atoms. The van der Waals surface area contributed by atoms with E-state index in [-0.39, 0.29) is 0 Å². The average molecular weight is 292 g/mol. The zero-order valence-electron chi connectivity index (χ0n) is 11.3. The number of anilines is 2. The van der Waals surface area contributed by atoms with Crippen LogP contribution in [0.2, 0.25) is 0 Å². The third-order valence-corrected chi connectivity index (χ3v) is 3.72. The second-order valence-electron chi connectivity index (χ2n) is 5.26. The fraction of sp³-hybridized carbons (Fsp3) is 0.250. The summed E-state index contributed by atoms with van der Waals surface area (Å²) in [6.45, 7) is 1.27. The van der Waals surface area contributed by atoms with E-state index < -0.39 is 11.7 Å². The first kappa shape index (κ1) is 13.8. The first-order valence-electron chi connectivity index (χ1n) is 6.73. The Hall–Kier alpha value is -2.17. The summed E-state index contributed by atoms with van der Waals surface area (Å²) in [6, 6.07) is 11.2. The van der Waals surface area contributed by atoms with Crippen molar-refractivity contribution in [2.24, 2.45) is 0 Å². The van der Waals surface area contributed by atoms with Crippen LogP contribution in [-0.4, -0.2) is 6.54 Å². The van der Waals surface area contributed by atoms with Crippen LogP contribution >= 0.6 is 0 Å². The first-order valence-corrected chi connectivity index (χ1v) is 6.73. The molecule has 0 fully saturated rings. The standard InChI is InChI=1S/C16H15F3N2/c17-16(18,19)13-3-1-2-11(8-13)10-21-7-6-12-9-14(20)4-5-15(12)21/h1-5,8-9H,6-7,10,20H2. The van der Waals surface area contributed by atoms with Gasteiger partial charge in [0.15, 0.2) is 0 Å². The van der Waals surface area contributed by atoms with Crippen LogP contribution in [0.25, 0.3) is 0 Å². The molecule has 5 heteroatoms. The monoisotopic (exact) mass is 292 g/mol. The molecule has 0 amide bonds. The summed E-state index contributed by atoms with van der Waals surface area (Å²) >= 11 is 0. The summed E-state index contributed by atoms with van der Waals surface area (Å²) in [5.41, 5.74) is 8.74. The second-order valence-corrected chi connectivity index (χ2v) is 5.26. The minimum Gasteiger partial charge on any atom is -0.399 e. The summed E-state index contributed by atoms with van der Waals surface area (Å²) in [7, 11) is 0. The maximum Gasteiger partial charge on any atom is 0.416 e. The molecule has 0 saturated heterocycles. The van der Waals surface area contributed by atoms with E-state index in [9.17, 15) is 13.2 Å². The highest BCUT2D eigenvalue weighted by atomic mass is 19.4. The number of alkyl halides is 3. The molecule has 2 aromatic carbocycles. The Bertz CT molecular complexity index is 665. The number of hydrogen-bond donors (Lipinski definition) is 1. The smallest absolute Gasteiger partial charge is 0.399 e. The van der Waals surface area contributed by atoms with Gasteiger partial charge < -0.3 is 10.6 Å². The van der Waals surface area contributed by atoms with Gasteiger partial charge in [-0.25, -0.2) is 0 Å². The van der Waals surface area contributed by atoms with Gasteiger partial charge in [0.2, 0.25) is 0 Å². The van der Waals surface area contributed by atoms with E-state index in [0.29, 0.717) is 12.1 Å². The van der Waals surface area contributed by atoms with Crippen LogP contribution in [0, 0.1) is 0 Å². The lowest BCUT2D eigenvalue weighted by molar-refractivity contribution is -0.137. The predicted octanol–water partition coefficient (Wildman–Crippen LogP) is 3.85. The summed E-state index contributed by atoms with van der Waals surface area (Å²) in [5, 5.41) is 0. The highest BCUT2D eigenvalue weighted by molar-refractivity contribution is 5.63. The Kier molecular flexibility index (Phi) is 3.27. The maximum atomic E-state index is 12.7. The Morgan fingerprint density at radius 3 is 2.67 bits per heavy atom. The van der Waals surface area contributed by atoms with Crippen LogP contribution in [-0.2, 0) is 19.1 Å². The summed E-state index contributed by atoms with van der Waals surface area (Å²) in [6.07, 6.45) is -3.42. The lowest BCUT2D eigenvalue weighted by atomic mass is 10.1. The van der Waals surface area contributed by atoms with E-state index in [0.717, 1.165) is 36.0 Å². The quantitative estimate of drug-likeness (QED) is 0.852. The van der Waals surface area contributed by atoms with Crippen LogP contribution < -0.4 is 10.6 Å². The van der Waals surface area contributed by atoms with E-state index in [1.165, 1.54) is 12.1 Å². The van der Waals surface area contributed by atoms with E-state index in [1.54, 1.807) is 6.07 Å². The molecule has 0 radical (unpaired) electrons. The van der Waals surface area contributed by atoms with E-state index >= 15 is 0 Å². The van der Waals surface area contributed by atoms with Crippen molar-refractivity contribution in [1.82, 2.24) is 0 Å². The topological polar surface area (TPSA) is 29.3 Å². The van der Waals surface area contributed by atoms with Gasteiger partial charge in [0.1, 0.15) is 0 Å². The number of benzene rings is 2. The molecule has 1 aliphatic heterocycles. The highest BCUT2D eigenvalue weighted by Gasteiger charge is 2.30. The molecule has 0 saturated carbocycles. The molecule has 2 nitrogen and oxygen atoms in total. The van der Waals surface area contributed by atoms with Gasteiger partial charge in [0, 0.05) is 24.5 Å². The third-order valence-electron chi connectivity index (χ3n) is 3.72. The number of rotatable bonds is 2. The van der Waals surface area contributed by atoms with Crippen LogP contribution in [0.15, 0.2) is 42.5 Å². The maximum absolute atomic E-state index is 12.7. The molecule has 2 aromatic rings. The lowest BCUT2D eigenvalue weighted by Crippen LogP contribution is -2.20. The van der Waals surface area contributed by atoms with Crippen molar-refractivity contribution in [2.45, 2.75) is 19.1 Å². The van der Waals surface area contributed by atoms with Crippen molar-refractivity contribution in [1.29, 1.82) is 0 Å². The van der Waals surface area contributed by atoms with Crippen molar-refractivity contribution >= 4 is 11.4 Å². The fourth-order valence-corrected chi connectivity index (χ4v) is 2.72. The molecule has 3 rings (SSSR count). The molecule has 2 N–H and O–H groups in total. The molecule has 1 heterocycles. The number of nitrogens with two attached hydrogens (primary N) is 1. The molecule has 1 aliphatic rings. The van der Waals surface area contributed by atoms with Crippen molar-refractivity contribution in [3.63, 3.8) is 0 Å². The molecular formula is C16H15F3N2. The molecule has 21 heavy (non-hydrogen) atoms. The number of nitrogens with zero attached hydrogens (tertiary/aromatic N) is 1. The normalized spacial score (nSPS) is 14.3. The fourth-order valence-electron chi connectivity index (χ4n) is 2.72. The first-order chi connectivity index (χ1) is 9.93. The summed E-state index contributed by atoms with van der Waals surface area (Å²) in [4.78, 5) is 2.09. The minimum absolute atomic E-state index is 0.473. The van der Waals surface area contributed by atoms with Gasteiger partial charge >= 0.3 is 6.18 Å². The molecule has 0 atom stereocenters. The van der Waals surface area contributed by atoms with Crippen LogP contribution in [0.5, 0.6) is 0 Å². The molecule has 0 aliphatic carbocycles. The molecule has 110 valence electrons. The third kappa shape index (κ3) is 2.82. The van der Waals surface area contributed by atoms with Gasteiger partial charge in [-0.15, -0.1) is 0 Å². The molecule has 0 spiro atoms. The summed E-state index contributed by atoms with van der Waals surface area (Å²) in [5.74, 6) is 0. The Morgan fingerprint density at radius 1 is 1.10 bits per heavy atom. The van der Waals surface area contributed by atoms with E-state index in [4.69, 9.17) is 5.73 Å². The van der Waals surface area contributed by atoms with Crippen LogP contribution in [0.4, 0.5) is 24.5 Å².